The van der Waals surface area contributed by atoms with E-state index in [1.165, 1.54) is 6.04 Å². The zero-order chi connectivity index (χ0) is 10.4. The molecule has 1 rings (SSSR count). The zero-order valence-corrected chi connectivity index (χ0v) is 9.69. The minimum atomic E-state index is -0.743. The monoisotopic (exact) mass is 208 g/mol. The second-order valence-corrected chi connectivity index (χ2v) is 6.17. The van der Waals surface area contributed by atoms with Gasteiger partial charge in [0.15, 0.2) is 0 Å². The molecular weight excluding hydrogens is 192 g/mol. The second-order valence-electron chi connectivity index (χ2n) is 3.49. The summed E-state index contributed by atoms with van der Waals surface area (Å²) in [6.07, 6.45) is 5.18. The van der Waals surface area contributed by atoms with Crippen LogP contribution in [0.25, 0.3) is 0 Å². The molecule has 1 aliphatic rings. The SMILES string of the molecule is C=C(C)C(=O)OCCC[SiH]1C=CC=C1. The van der Waals surface area contributed by atoms with Gasteiger partial charge in [-0.15, -0.1) is 0 Å². The molecule has 14 heavy (non-hydrogen) atoms. The van der Waals surface area contributed by atoms with Crippen LogP contribution in [0.3, 0.4) is 0 Å². The van der Waals surface area contributed by atoms with Gasteiger partial charge >= 0.3 is 5.97 Å². The van der Waals surface area contributed by atoms with E-state index in [1.807, 2.05) is 0 Å². The minimum absolute atomic E-state index is 0.274. The highest BCUT2D eigenvalue weighted by Crippen LogP contribution is 2.07. The Morgan fingerprint density at radius 3 is 2.64 bits per heavy atom. The first-order chi connectivity index (χ1) is 6.70. The third kappa shape index (κ3) is 3.74. The van der Waals surface area contributed by atoms with Crippen LogP contribution in [0.4, 0.5) is 0 Å². The van der Waals surface area contributed by atoms with Crippen LogP contribution in [0.2, 0.25) is 6.04 Å². The summed E-state index contributed by atoms with van der Waals surface area (Å²) < 4.78 is 5.00. The lowest BCUT2D eigenvalue weighted by Gasteiger charge is -2.05. The van der Waals surface area contributed by atoms with Crippen molar-refractivity contribution in [2.45, 2.75) is 19.4 Å². The maximum Gasteiger partial charge on any atom is 0.333 e. The van der Waals surface area contributed by atoms with E-state index in [2.05, 4.69) is 30.1 Å². The minimum Gasteiger partial charge on any atom is -0.462 e. The average Bonchev–Trinajstić information content (AvgIpc) is 2.64. The van der Waals surface area contributed by atoms with Crippen molar-refractivity contribution in [3.8, 4) is 0 Å². The summed E-state index contributed by atoms with van der Waals surface area (Å²) in [5.41, 5.74) is 5.06. The molecule has 0 saturated heterocycles. The Hall–Kier alpha value is -1.09. The molecule has 0 atom stereocenters. The van der Waals surface area contributed by atoms with Gasteiger partial charge in [-0.1, -0.05) is 30.1 Å². The van der Waals surface area contributed by atoms with E-state index >= 15 is 0 Å². The highest BCUT2D eigenvalue weighted by atomic mass is 28.3. The van der Waals surface area contributed by atoms with E-state index in [4.69, 9.17) is 4.74 Å². The van der Waals surface area contributed by atoms with E-state index in [0.29, 0.717) is 12.2 Å². The molecule has 0 spiro atoms. The Kier molecular flexibility index (Phi) is 4.39. The lowest BCUT2D eigenvalue weighted by Crippen LogP contribution is -2.09. The maximum absolute atomic E-state index is 11.0. The Labute approximate surface area is 86.6 Å². The molecule has 0 aromatic rings. The predicted molar refractivity (Wildman–Crippen MR) is 60.6 cm³/mol. The number of hydrogen-bond acceptors (Lipinski definition) is 2. The molecule has 0 fully saturated rings. The Balaban J connectivity index is 2.04. The van der Waals surface area contributed by atoms with Crippen LogP contribution >= 0.6 is 0 Å². The summed E-state index contributed by atoms with van der Waals surface area (Å²) in [5, 5.41) is 0. The molecular formula is C11H16O2Si. The van der Waals surface area contributed by atoms with Gasteiger partial charge in [0.05, 0.1) is 15.4 Å². The first-order valence-electron chi connectivity index (χ1n) is 4.88. The van der Waals surface area contributed by atoms with Gasteiger partial charge in [-0.25, -0.2) is 4.79 Å². The van der Waals surface area contributed by atoms with E-state index < -0.39 is 8.80 Å². The van der Waals surface area contributed by atoms with Gasteiger partial charge in [-0.05, 0) is 19.4 Å². The molecule has 0 unspecified atom stereocenters. The van der Waals surface area contributed by atoms with Gasteiger partial charge in [0, 0.05) is 5.57 Å². The third-order valence-corrected chi connectivity index (χ3v) is 4.60. The van der Waals surface area contributed by atoms with E-state index in [1.54, 1.807) is 6.92 Å². The van der Waals surface area contributed by atoms with Crippen LogP contribution in [0, 0.1) is 0 Å². The van der Waals surface area contributed by atoms with Crippen molar-refractivity contribution in [1.29, 1.82) is 0 Å². The van der Waals surface area contributed by atoms with E-state index in [9.17, 15) is 4.79 Å². The summed E-state index contributed by atoms with van der Waals surface area (Å²) in [7, 11) is -0.743. The Morgan fingerprint density at radius 2 is 2.07 bits per heavy atom. The average molecular weight is 208 g/mol. The number of esters is 1. The van der Waals surface area contributed by atoms with Crippen molar-refractivity contribution in [1.82, 2.24) is 0 Å². The van der Waals surface area contributed by atoms with Crippen molar-refractivity contribution < 1.29 is 9.53 Å². The van der Waals surface area contributed by atoms with Crippen molar-refractivity contribution in [2.75, 3.05) is 6.61 Å². The Morgan fingerprint density at radius 1 is 1.43 bits per heavy atom. The molecule has 3 heteroatoms. The summed E-state index contributed by atoms with van der Waals surface area (Å²) in [6, 6.07) is 1.18. The molecule has 2 nitrogen and oxygen atoms in total. The second kappa shape index (κ2) is 5.60. The predicted octanol–water partition coefficient (Wildman–Crippen LogP) is 1.93. The maximum atomic E-state index is 11.0. The lowest BCUT2D eigenvalue weighted by atomic mass is 10.4. The number of carbonyl (C=O) groups excluding carboxylic acids is 1. The molecule has 1 aliphatic heterocycles. The van der Waals surface area contributed by atoms with Crippen molar-refractivity contribution in [3.63, 3.8) is 0 Å². The molecule has 1 heterocycles. The van der Waals surface area contributed by atoms with Crippen LogP contribution in [-0.4, -0.2) is 21.4 Å². The topological polar surface area (TPSA) is 26.3 Å². The number of hydrogen-bond donors (Lipinski definition) is 0. The molecule has 0 aromatic carbocycles. The van der Waals surface area contributed by atoms with Crippen LogP contribution in [-0.2, 0) is 9.53 Å². The number of rotatable bonds is 5. The zero-order valence-electron chi connectivity index (χ0n) is 8.53. The van der Waals surface area contributed by atoms with Crippen LogP contribution in [0.5, 0.6) is 0 Å². The van der Waals surface area contributed by atoms with E-state index in [0.717, 1.165) is 6.42 Å². The molecule has 0 saturated carbocycles. The van der Waals surface area contributed by atoms with E-state index in [-0.39, 0.29) is 5.97 Å². The van der Waals surface area contributed by atoms with Crippen molar-refractivity contribution >= 4 is 14.8 Å². The molecule has 0 aromatic heterocycles. The lowest BCUT2D eigenvalue weighted by molar-refractivity contribution is -0.138. The van der Waals surface area contributed by atoms with Gasteiger partial charge in [-0.2, -0.15) is 0 Å². The fourth-order valence-corrected chi connectivity index (χ4v) is 3.26. The van der Waals surface area contributed by atoms with Gasteiger partial charge in [0.1, 0.15) is 0 Å². The van der Waals surface area contributed by atoms with Crippen LogP contribution < -0.4 is 0 Å². The molecule has 0 N–H and O–H groups in total. The quantitative estimate of drug-likeness (QED) is 0.299. The third-order valence-electron chi connectivity index (χ3n) is 2.09. The molecule has 0 amide bonds. The Bertz CT molecular complexity index is 267. The first kappa shape index (κ1) is 11.0. The summed E-state index contributed by atoms with van der Waals surface area (Å²) in [6.45, 7) is 5.71. The highest BCUT2D eigenvalue weighted by Gasteiger charge is 2.06. The number of allylic oxidation sites excluding steroid dienone is 2. The molecule has 76 valence electrons. The smallest absolute Gasteiger partial charge is 0.333 e. The number of ether oxygens (including phenoxy) is 1. The normalized spacial score (nSPS) is 14.6. The fourth-order valence-electron chi connectivity index (χ4n) is 1.28. The highest BCUT2D eigenvalue weighted by molar-refractivity contribution is 6.70. The molecule has 0 bridgehead atoms. The van der Waals surface area contributed by atoms with Gasteiger partial charge in [0.2, 0.25) is 0 Å². The summed E-state index contributed by atoms with van der Waals surface area (Å²) >= 11 is 0. The van der Waals surface area contributed by atoms with Gasteiger partial charge < -0.3 is 4.74 Å². The molecule has 0 aliphatic carbocycles. The fraction of sp³-hybridized carbons (Fsp3) is 0.364. The van der Waals surface area contributed by atoms with Crippen LogP contribution in [0.15, 0.2) is 35.7 Å². The summed E-state index contributed by atoms with van der Waals surface area (Å²) in [5.74, 6) is -0.274. The number of carbonyl (C=O) groups is 1. The first-order valence-corrected chi connectivity index (χ1v) is 7.03. The molecule has 0 radical (unpaired) electrons. The van der Waals surface area contributed by atoms with Crippen molar-refractivity contribution in [3.05, 3.63) is 35.7 Å². The standard InChI is InChI=1S/C11H16O2Si/c1-10(2)11(12)13-6-5-9-14-7-3-4-8-14/h3-4,7-8,14H,1,5-6,9H2,2H3. The van der Waals surface area contributed by atoms with Crippen molar-refractivity contribution in [2.24, 2.45) is 0 Å². The van der Waals surface area contributed by atoms with Gasteiger partial charge in [-0.3, -0.25) is 0 Å². The van der Waals surface area contributed by atoms with Gasteiger partial charge in [0.25, 0.3) is 0 Å². The largest absolute Gasteiger partial charge is 0.462 e. The van der Waals surface area contributed by atoms with Crippen LogP contribution in [0.1, 0.15) is 13.3 Å². The summed E-state index contributed by atoms with van der Waals surface area (Å²) in [4.78, 5) is 11.0.